The van der Waals surface area contributed by atoms with Crippen molar-refractivity contribution in [3.8, 4) is 0 Å². The number of nitrogens with zero attached hydrogens (tertiary/aromatic N) is 1. The number of halogens is 2. The highest BCUT2D eigenvalue weighted by Crippen LogP contribution is 2.22. The van der Waals surface area contributed by atoms with Crippen molar-refractivity contribution in [3.05, 3.63) is 22.4 Å². The molecule has 0 amide bonds. The molecular weight excluding hydrogens is 327 g/mol. The molecule has 1 aromatic heterocycles. The molecule has 1 N–H and O–H groups in total. The number of hydrogen-bond donors (Lipinski definition) is 1. The third-order valence-electron chi connectivity index (χ3n) is 2.49. The Labute approximate surface area is 127 Å². The summed E-state index contributed by atoms with van der Waals surface area (Å²) in [4.78, 5) is 15.1. The van der Waals surface area contributed by atoms with Gasteiger partial charge in [0.1, 0.15) is 16.1 Å². The normalized spacial score (nSPS) is 13.3. The zero-order chi connectivity index (χ0) is 15.5. The minimum absolute atomic E-state index is 0.000931. The number of carbonyl (C=O) groups excluding carboxylic acids is 1. The van der Waals surface area contributed by atoms with Gasteiger partial charge >= 0.3 is 5.97 Å². The average molecular weight is 341 g/mol. The maximum Gasteiger partial charge on any atom is 0.324 e. The molecule has 0 spiro atoms. The van der Waals surface area contributed by atoms with Crippen LogP contribution in [0.2, 0.25) is 10.2 Å². The summed E-state index contributed by atoms with van der Waals surface area (Å²) in [6.07, 6.45) is 1.06. The van der Waals surface area contributed by atoms with Crippen LogP contribution >= 0.6 is 23.2 Å². The predicted molar refractivity (Wildman–Crippen MR) is 75.2 cm³/mol. The standard InChI is InChI=1S/C11H14Cl2N2O4S/c1-6(2)9(11(16)19-3)15-20(17,18)7-4-8(12)10(13)14-5-7/h4-6,9,15H,1-3H3. The lowest BCUT2D eigenvalue weighted by atomic mass is 10.1. The third-order valence-corrected chi connectivity index (χ3v) is 4.58. The average Bonchev–Trinajstić information content (AvgIpc) is 2.38. The van der Waals surface area contributed by atoms with E-state index >= 15 is 0 Å². The van der Waals surface area contributed by atoms with Crippen LogP contribution < -0.4 is 4.72 Å². The zero-order valence-electron chi connectivity index (χ0n) is 11.1. The van der Waals surface area contributed by atoms with E-state index in [2.05, 4.69) is 14.4 Å². The van der Waals surface area contributed by atoms with E-state index in [0.29, 0.717) is 0 Å². The van der Waals surface area contributed by atoms with Gasteiger partial charge in [0.2, 0.25) is 10.0 Å². The molecule has 1 heterocycles. The molecule has 1 unspecified atom stereocenters. The number of carbonyl (C=O) groups is 1. The summed E-state index contributed by atoms with van der Waals surface area (Å²) in [5.41, 5.74) is 0. The van der Waals surface area contributed by atoms with Gasteiger partial charge in [0.05, 0.1) is 12.1 Å². The molecule has 0 aliphatic heterocycles. The first kappa shape index (κ1) is 17.2. The number of rotatable bonds is 5. The third kappa shape index (κ3) is 4.05. The lowest BCUT2D eigenvalue weighted by molar-refractivity contribution is -0.143. The molecule has 20 heavy (non-hydrogen) atoms. The van der Waals surface area contributed by atoms with Gasteiger partial charge in [0.25, 0.3) is 0 Å². The van der Waals surface area contributed by atoms with Crippen molar-refractivity contribution in [2.24, 2.45) is 5.92 Å². The number of nitrogens with one attached hydrogen (secondary N) is 1. The van der Waals surface area contributed by atoms with Gasteiger partial charge in [-0.3, -0.25) is 4.79 Å². The Hall–Kier alpha value is -0.890. The van der Waals surface area contributed by atoms with Crippen LogP contribution in [-0.2, 0) is 19.6 Å². The maximum atomic E-state index is 12.2. The highest BCUT2D eigenvalue weighted by Gasteiger charge is 2.29. The van der Waals surface area contributed by atoms with Gasteiger partial charge in [-0.1, -0.05) is 37.0 Å². The van der Waals surface area contributed by atoms with Crippen molar-refractivity contribution in [1.29, 1.82) is 0 Å². The zero-order valence-corrected chi connectivity index (χ0v) is 13.4. The first-order chi connectivity index (χ1) is 9.19. The van der Waals surface area contributed by atoms with Crippen molar-refractivity contribution < 1.29 is 17.9 Å². The van der Waals surface area contributed by atoms with Crippen LogP contribution in [0.3, 0.4) is 0 Å². The van der Waals surface area contributed by atoms with Crippen LogP contribution in [0.5, 0.6) is 0 Å². The van der Waals surface area contributed by atoms with Gasteiger partial charge in [-0.2, -0.15) is 4.72 Å². The molecular formula is C11H14Cl2N2O4S. The smallest absolute Gasteiger partial charge is 0.324 e. The second kappa shape index (κ2) is 6.71. The largest absolute Gasteiger partial charge is 0.468 e. The Bertz CT molecular complexity index is 604. The predicted octanol–water partition coefficient (Wildman–Crippen LogP) is 1.86. The van der Waals surface area contributed by atoms with E-state index in [1.807, 2.05) is 0 Å². The van der Waals surface area contributed by atoms with E-state index < -0.39 is 22.0 Å². The Morgan fingerprint density at radius 1 is 1.40 bits per heavy atom. The monoisotopic (exact) mass is 340 g/mol. The minimum atomic E-state index is -3.96. The molecule has 112 valence electrons. The van der Waals surface area contributed by atoms with Gasteiger partial charge in [0, 0.05) is 6.20 Å². The van der Waals surface area contributed by atoms with E-state index in [1.165, 1.54) is 7.11 Å². The highest BCUT2D eigenvalue weighted by molar-refractivity contribution is 7.89. The topological polar surface area (TPSA) is 85.4 Å². The van der Waals surface area contributed by atoms with Crippen molar-refractivity contribution in [2.75, 3.05) is 7.11 Å². The number of ether oxygens (including phenoxy) is 1. The van der Waals surface area contributed by atoms with E-state index in [0.717, 1.165) is 12.3 Å². The van der Waals surface area contributed by atoms with Crippen LogP contribution in [0.25, 0.3) is 0 Å². The molecule has 9 heteroatoms. The molecule has 0 aliphatic rings. The first-order valence-electron chi connectivity index (χ1n) is 5.60. The molecule has 1 rings (SSSR count). The Balaban J connectivity index is 3.09. The van der Waals surface area contributed by atoms with E-state index in [4.69, 9.17) is 23.2 Å². The fourth-order valence-corrected chi connectivity index (χ4v) is 3.01. The van der Waals surface area contributed by atoms with Crippen LogP contribution in [0.15, 0.2) is 17.2 Å². The van der Waals surface area contributed by atoms with Crippen molar-refractivity contribution in [2.45, 2.75) is 24.8 Å². The van der Waals surface area contributed by atoms with Crippen LogP contribution in [0, 0.1) is 5.92 Å². The van der Waals surface area contributed by atoms with Gasteiger partial charge < -0.3 is 4.74 Å². The van der Waals surface area contributed by atoms with Gasteiger partial charge in [-0.25, -0.2) is 13.4 Å². The minimum Gasteiger partial charge on any atom is -0.468 e. The van der Waals surface area contributed by atoms with Crippen LogP contribution in [-0.4, -0.2) is 32.5 Å². The molecule has 0 aliphatic carbocycles. The van der Waals surface area contributed by atoms with E-state index in [1.54, 1.807) is 13.8 Å². The molecule has 1 aromatic rings. The molecule has 0 saturated carbocycles. The quantitative estimate of drug-likeness (QED) is 0.653. The maximum absolute atomic E-state index is 12.2. The van der Waals surface area contributed by atoms with Crippen molar-refractivity contribution in [3.63, 3.8) is 0 Å². The fourth-order valence-electron chi connectivity index (χ4n) is 1.37. The Kier molecular flexibility index (Phi) is 5.76. The summed E-state index contributed by atoms with van der Waals surface area (Å²) in [6.45, 7) is 3.38. The lowest BCUT2D eigenvalue weighted by Crippen LogP contribution is -2.44. The lowest BCUT2D eigenvalue weighted by Gasteiger charge is -2.19. The van der Waals surface area contributed by atoms with Crippen LogP contribution in [0.4, 0.5) is 0 Å². The van der Waals surface area contributed by atoms with Crippen LogP contribution in [0.1, 0.15) is 13.8 Å². The second-order valence-electron chi connectivity index (χ2n) is 4.31. The number of esters is 1. The molecule has 0 fully saturated rings. The number of pyridine rings is 1. The summed E-state index contributed by atoms with van der Waals surface area (Å²) in [5, 5.41) is 0.00713. The first-order valence-corrected chi connectivity index (χ1v) is 7.84. The van der Waals surface area contributed by atoms with Gasteiger partial charge in [-0.05, 0) is 12.0 Å². The van der Waals surface area contributed by atoms with Crippen molar-refractivity contribution >= 4 is 39.2 Å². The molecule has 0 saturated heterocycles. The fraction of sp³-hybridized carbons (Fsp3) is 0.455. The van der Waals surface area contributed by atoms with Gasteiger partial charge in [-0.15, -0.1) is 0 Å². The number of aromatic nitrogens is 1. The molecule has 0 aromatic carbocycles. The molecule has 1 atom stereocenters. The molecule has 0 bridgehead atoms. The molecule has 0 radical (unpaired) electrons. The second-order valence-corrected chi connectivity index (χ2v) is 6.79. The van der Waals surface area contributed by atoms with Gasteiger partial charge in [0.15, 0.2) is 0 Å². The Morgan fingerprint density at radius 2 is 2.00 bits per heavy atom. The summed E-state index contributed by atoms with van der Waals surface area (Å²) in [6, 6.07) is 0.160. The van der Waals surface area contributed by atoms with E-state index in [-0.39, 0.29) is 21.0 Å². The summed E-state index contributed by atoms with van der Waals surface area (Å²) < 4.78 is 31.2. The number of methoxy groups -OCH3 is 1. The van der Waals surface area contributed by atoms with E-state index in [9.17, 15) is 13.2 Å². The summed E-state index contributed by atoms with van der Waals surface area (Å²) >= 11 is 11.4. The Morgan fingerprint density at radius 3 is 2.45 bits per heavy atom. The SMILES string of the molecule is COC(=O)C(NS(=O)(=O)c1cnc(Cl)c(Cl)c1)C(C)C. The van der Waals surface area contributed by atoms with Crippen molar-refractivity contribution in [1.82, 2.24) is 9.71 Å². The summed E-state index contributed by atoms with van der Waals surface area (Å²) in [5.74, 6) is -0.954. The summed E-state index contributed by atoms with van der Waals surface area (Å²) in [7, 11) is -2.77. The number of sulfonamides is 1. The highest BCUT2D eigenvalue weighted by atomic mass is 35.5. The number of hydrogen-bond acceptors (Lipinski definition) is 5. The molecule has 6 nitrogen and oxygen atoms in total.